The van der Waals surface area contributed by atoms with Crippen LogP contribution in [-0.4, -0.2) is 12.6 Å². The quantitative estimate of drug-likeness (QED) is 0.682. The summed E-state index contributed by atoms with van der Waals surface area (Å²) in [6.07, 6.45) is 7.16. The van der Waals surface area contributed by atoms with Gasteiger partial charge in [-0.25, -0.2) is 0 Å². The van der Waals surface area contributed by atoms with Gasteiger partial charge in [-0.05, 0) is 63.8 Å². The molecule has 0 aromatic heterocycles. The maximum absolute atomic E-state index is 3.95. The van der Waals surface area contributed by atoms with E-state index in [-0.39, 0.29) is 0 Å². The highest BCUT2D eigenvalue weighted by atomic mass is 14.9. The van der Waals surface area contributed by atoms with Crippen molar-refractivity contribution in [2.24, 2.45) is 17.8 Å². The van der Waals surface area contributed by atoms with Crippen LogP contribution in [0.5, 0.6) is 0 Å². The van der Waals surface area contributed by atoms with Crippen LogP contribution in [0.15, 0.2) is 12.2 Å². The predicted octanol–water partition coefficient (Wildman–Crippen LogP) is 3.37. The highest BCUT2D eigenvalue weighted by molar-refractivity contribution is 4.95. The summed E-state index contributed by atoms with van der Waals surface area (Å²) < 4.78 is 0. The first-order valence-electron chi connectivity index (χ1n) is 6.54. The van der Waals surface area contributed by atoms with Crippen molar-refractivity contribution in [1.29, 1.82) is 0 Å². The Kier molecular flexibility index (Phi) is 3.50. The fourth-order valence-corrected chi connectivity index (χ4v) is 3.57. The molecule has 2 aliphatic carbocycles. The van der Waals surface area contributed by atoms with E-state index in [0.29, 0.717) is 0 Å². The molecule has 2 saturated carbocycles. The Labute approximate surface area is 94.3 Å². The van der Waals surface area contributed by atoms with Gasteiger partial charge >= 0.3 is 0 Å². The van der Waals surface area contributed by atoms with Crippen LogP contribution in [0.1, 0.15) is 46.0 Å². The van der Waals surface area contributed by atoms with Gasteiger partial charge in [0, 0.05) is 6.04 Å². The number of nitrogens with one attached hydrogen (secondary N) is 1. The Balaban J connectivity index is 1.72. The Morgan fingerprint density at radius 3 is 2.73 bits per heavy atom. The molecule has 1 N–H and O–H groups in total. The van der Waals surface area contributed by atoms with E-state index in [2.05, 4.69) is 25.7 Å². The minimum Gasteiger partial charge on any atom is -0.314 e. The van der Waals surface area contributed by atoms with E-state index >= 15 is 0 Å². The molecule has 4 unspecified atom stereocenters. The molecule has 0 radical (unpaired) electrons. The van der Waals surface area contributed by atoms with Gasteiger partial charge < -0.3 is 5.32 Å². The summed E-state index contributed by atoms with van der Waals surface area (Å²) in [6.45, 7) is 9.56. The monoisotopic (exact) mass is 207 g/mol. The first kappa shape index (κ1) is 11.2. The molecule has 0 aliphatic heterocycles. The summed E-state index contributed by atoms with van der Waals surface area (Å²) >= 11 is 0. The van der Waals surface area contributed by atoms with Crippen molar-refractivity contribution in [2.45, 2.75) is 52.0 Å². The Hall–Kier alpha value is -0.300. The summed E-state index contributed by atoms with van der Waals surface area (Å²) in [5, 5.41) is 3.68. The van der Waals surface area contributed by atoms with Crippen molar-refractivity contribution < 1.29 is 0 Å². The first-order valence-corrected chi connectivity index (χ1v) is 6.54. The molecule has 0 saturated heterocycles. The number of rotatable bonds is 5. The van der Waals surface area contributed by atoms with Crippen molar-refractivity contribution in [1.82, 2.24) is 5.32 Å². The summed E-state index contributed by atoms with van der Waals surface area (Å²) in [6, 6.07) is 0.722. The second-order valence-electron chi connectivity index (χ2n) is 5.79. The largest absolute Gasteiger partial charge is 0.314 e. The summed E-state index contributed by atoms with van der Waals surface area (Å²) in [7, 11) is 0. The van der Waals surface area contributed by atoms with Crippen LogP contribution in [0.3, 0.4) is 0 Å². The molecule has 15 heavy (non-hydrogen) atoms. The van der Waals surface area contributed by atoms with Crippen molar-refractivity contribution in [2.75, 3.05) is 6.54 Å². The Morgan fingerprint density at radius 2 is 2.20 bits per heavy atom. The van der Waals surface area contributed by atoms with Crippen molar-refractivity contribution in [3.05, 3.63) is 12.2 Å². The predicted molar refractivity (Wildman–Crippen MR) is 65.8 cm³/mol. The lowest BCUT2D eigenvalue weighted by molar-refractivity contribution is 0.261. The third-order valence-corrected chi connectivity index (χ3v) is 4.45. The van der Waals surface area contributed by atoms with E-state index < -0.39 is 0 Å². The fraction of sp³-hybridized carbons (Fsp3) is 0.857. The molecule has 2 bridgehead atoms. The van der Waals surface area contributed by atoms with Crippen molar-refractivity contribution in [3.8, 4) is 0 Å². The normalized spacial score (nSPS) is 35.7. The van der Waals surface area contributed by atoms with E-state index in [4.69, 9.17) is 0 Å². The summed E-state index contributed by atoms with van der Waals surface area (Å²) in [5.41, 5.74) is 1.29. The lowest BCUT2D eigenvalue weighted by Gasteiger charge is -2.28. The molecule has 4 atom stereocenters. The van der Waals surface area contributed by atoms with Gasteiger partial charge in [-0.2, -0.15) is 0 Å². The molecule has 0 aromatic rings. The van der Waals surface area contributed by atoms with E-state index in [0.717, 1.165) is 36.8 Å². The molecule has 86 valence electrons. The van der Waals surface area contributed by atoms with Crippen LogP contribution in [0.4, 0.5) is 0 Å². The first-order chi connectivity index (χ1) is 7.16. The maximum Gasteiger partial charge on any atom is 0.00698 e. The van der Waals surface area contributed by atoms with Crippen LogP contribution in [0.25, 0.3) is 0 Å². The second kappa shape index (κ2) is 4.69. The third kappa shape index (κ3) is 2.63. The van der Waals surface area contributed by atoms with Crippen LogP contribution in [0.2, 0.25) is 0 Å². The second-order valence-corrected chi connectivity index (χ2v) is 5.79. The van der Waals surface area contributed by atoms with Gasteiger partial charge in [0.2, 0.25) is 0 Å². The average molecular weight is 207 g/mol. The molecule has 2 fully saturated rings. The molecule has 1 nitrogen and oxygen atoms in total. The maximum atomic E-state index is 3.95. The van der Waals surface area contributed by atoms with Gasteiger partial charge in [0.15, 0.2) is 0 Å². The van der Waals surface area contributed by atoms with Gasteiger partial charge in [-0.1, -0.05) is 12.0 Å². The standard InChI is InChI=1S/C14H25N/c1-10(2)6-7-15-11(3)14-9-12-4-5-13(14)8-12/h11-15H,1,4-9H2,2-3H3. The van der Waals surface area contributed by atoms with Crippen LogP contribution in [0, 0.1) is 17.8 Å². The van der Waals surface area contributed by atoms with Gasteiger partial charge in [0.05, 0.1) is 0 Å². The summed E-state index contributed by atoms with van der Waals surface area (Å²) in [4.78, 5) is 0. The molecule has 2 aliphatic rings. The highest BCUT2D eigenvalue weighted by Crippen LogP contribution is 2.49. The van der Waals surface area contributed by atoms with Crippen LogP contribution >= 0.6 is 0 Å². The molecular formula is C14H25N. The zero-order valence-electron chi connectivity index (χ0n) is 10.3. The highest BCUT2D eigenvalue weighted by Gasteiger charge is 2.41. The zero-order valence-corrected chi connectivity index (χ0v) is 10.3. The Morgan fingerprint density at radius 1 is 1.40 bits per heavy atom. The minimum atomic E-state index is 0.722. The van der Waals surface area contributed by atoms with Gasteiger partial charge in [-0.3, -0.25) is 0 Å². The summed E-state index contributed by atoms with van der Waals surface area (Å²) in [5.74, 6) is 3.08. The lowest BCUT2D eigenvalue weighted by Crippen LogP contribution is -2.36. The molecule has 0 spiro atoms. The molecular weight excluding hydrogens is 182 g/mol. The minimum absolute atomic E-state index is 0.722. The van der Waals surface area contributed by atoms with Gasteiger partial charge in [0.25, 0.3) is 0 Å². The van der Waals surface area contributed by atoms with Crippen LogP contribution < -0.4 is 5.32 Å². The van der Waals surface area contributed by atoms with E-state index in [9.17, 15) is 0 Å². The van der Waals surface area contributed by atoms with E-state index in [1.165, 1.54) is 31.3 Å². The lowest BCUT2D eigenvalue weighted by atomic mass is 9.84. The van der Waals surface area contributed by atoms with E-state index in [1.54, 1.807) is 0 Å². The molecule has 2 rings (SSSR count). The zero-order chi connectivity index (χ0) is 10.8. The third-order valence-electron chi connectivity index (χ3n) is 4.45. The number of hydrogen-bond donors (Lipinski definition) is 1. The van der Waals surface area contributed by atoms with Crippen molar-refractivity contribution in [3.63, 3.8) is 0 Å². The topological polar surface area (TPSA) is 12.0 Å². The molecule has 1 heteroatoms. The SMILES string of the molecule is C=C(C)CCNC(C)C1CC2CCC1C2. The van der Waals surface area contributed by atoms with Crippen LogP contribution in [-0.2, 0) is 0 Å². The fourth-order valence-electron chi connectivity index (χ4n) is 3.57. The number of fused-ring (bicyclic) bond motifs is 2. The van der Waals surface area contributed by atoms with Crippen molar-refractivity contribution >= 4 is 0 Å². The number of hydrogen-bond acceptors (Lipinski definition) is 1. The molecule has 0 amide bonds. The Bertz CT molecular complexity index is 233. The smallest absolute Gasteiger partial charge is 0.00698 e. The van der Waals surface area contributed by atoms with Gasteiger partial charge in [0.1, 0.15) is 0 Å². The molecule has 0 heterocycles. The average Bonchev–Trinajstić information content (AvgIpc) is 2.77. The van der Waals surface area contributed by atoms with E-state index in [1.807, 2.05) is 0 Å². The van der Waals surface area contributed by atoms with Gasteiger partial charge in [-0.15, -0.1) is 6.58 Å². The molecule has 0 aromatic carbocycles.